The lowest BCUT2D eigenvalue weighted by molar-refractivity contribution is -0.148. The van der Waals surface area contributed by atoms with Gasteiger partial charge in [0.05, 0.1) is 12.4 Å². The Labute approximate surface area is 117 Å². The van der Waals surface area contributed by atoms with Crippen molar-refractivity contribution in [3.8, 4) is 0 Å². The van der Waals surface area contributed by atoms with Gasteiger partial charge in [-0.2, -0.15) is 0 Å². The Hall–Kier alpha value is -1.49. The van der Waals surface area contributed by atoms with Crippen molar-refractivity contribution in [1.29, 1.82) is 0 Å². The smallest absolute Gasteiger partial charge is 0.325 e. The third-order valence-corrected chi connectivity index (χ3v) is 4.27. The van der Waals surface area contributed by atoms with E-state index >= 15 is 0 Å². The van der Waals surface area contributed by atoms with E-state index in [1.807, 2.05) is 31.2 Å². The van der Waals surface area contributed by atoms with E-state index in [4.69, 9.17) is 4.74 Å². The second-order valence-corrected chi connectivity index (χ2v) is 5.42. The predicted octanol–water partition coefficient (Wildman–Crippen LogP) is 2.13. The zero-order chi connectivity index (χ0) is 13.8. The molecule has 5 heteroatoms. The third-order valence-electron chi connectivity index (χ3n) is 3.03. The Balaban J connectivity index is 2.18. The molecule has 1 aromatic carbocycles. The number of amides is 1. The molecule has 1 saturated heterocycles. The van der Waals surface area contributed by atoms with Gasteiger partial charge in [0.25, 0.3) is 0 Å². The molecule has 0 N–H and O–H groups in total. The minimum Gasteiger partial charge on any atom is -0.465 e. The van der Waals surface area contributed by atoms with Crippen LogP contribution >= 0.6 is 11.8 Å². The molecule has 0 spiro atoms. The van der Waals surface area contributed by atoms with Crippen molar-refractivity contribution in [2.24, 2.45) is 0 Å². The number of benzene rings is 1. The van der Waals surface area contributed by atoms with Crippen molar-refractivity contribution in [2.75, 3.05) is 18.9 Å². The molecule has 1 atom stereocenters. The molecule has 1 aliphatic heterocycles. The summed E-state index contributed by atoms with van der Waals surface area (Å²) in [5.41, 5.74) is 2.21. The van der Waals surface area contributed by atoms with Crippen LogP contribution in [0.15, 0.2) is 24.3 Å². The second-order valence-electron chi connectivity index (χ2n) is 4.35. The first-order valence-corrected chi connectivity index (χ1v) is 7.30. The molecule has 19 heavy (non-hydrogen) atoms. The molecular weight excluding hydrogens is 262 g/mol. The van der Waals surface area contributed by atoms with E-state index in [-0.39, 0.29) is 23.8 Å². The number of hydrogen-bond acceptors (Lipinski definition) is 4. The van der Waals surface area contributed by atoms with Crippen molar-refractivity contribution in [3.63, 3.8) is 0 Å². The summed E-state index contributed by atoms with van der Waals surface area (Å²) in [4.78, 5) is 25.1. The summed E-state index contributed by atoms with van der Waals surface area (Å²) in [5.74, 6) is 0.0570. The highest BCUT2D eigenvalue weighted by molar-refractivity contribution is 8.00. The normalized spacial score (nSPS) is 18.7. The van der Waals surface area contributed by atoms with E-state index in [0.29, 0.717) is 12.4 Å². The Morgan fingerprint density at radius 1 is 1.47 bits per heavy atom. The molecule has 1 aromatic rings. The molecule has 2 rings (SSSR count). The van der Waals surface area contributed by atoms with E-state index in [1.165, 1.54) is 0 Å². The summed E-state index contributed by atoms with van der Waals surface area (Å²) in [6.45, 7) is 4.14. The summed E-state index contributed by atoms with van der Waals surface area (Å²) in [6.07, 6.45) is 0. The average Bonchev–Trinajstić information content (AvgIpc) is 2.72. The predicted molar refractivity (Wildman–Crippen MR) is 74.7 cm³/mol. The van der Waals surface area contributed by atoms with Crippen molar-refractivity contribution < 1.29 is 14.3 Å². The first kappa shape index (κ1) is 13.9. The fraction of sp³-hybridized carbons (Fsp3) is 0.429. The van der Waals surface area contributed by atoms with Crippen molar-refractivity contribution in [2.45, 2.75) is 19.2 Å². The molecule has 0 saturated carbocycles. The molecule has 4 nitrogen and oxygen atoms in total. The molecule has 0 aliphatic carbocycles. The highest BCUT2D eigenvalue weighted by Gasteiger charge is 2.34. The summed E-state index contributed by atoms with van der Waals surface area (Å²) in [5, 5.41) is -0.0851. The average molecular weight is 279 g/mol. The Kier molecular flexibility index (Phi) is 4.47. The SMILES string of the molecule is CCOC(=O)CN1C(=O)CSC1c1ccccc1C. The number of thioether (sulfide) groups is 1. The number of esters is 1. The molecule has 0 radical (unpaired) electrons. The number of aryl methyl sites for hydroxylation is 1. The minimum absolute atomic E-state index is 0.00805. The molecule has 1 aliphatic rings. The van der Waals surface area contributed by atoms with Crippen LogP contribution in [0.25, 0.3) is 0 Å². The quantitative estimate of drug-likeness (QED) is 0.792. The number of rotatable bonds is 4. The van der Waals surface area contributed by atoms with Crippen LogP contribution in [0, 0.1) is 6.92 Å². The van der Waals surface area contributed by atoms with Gasteiger partial charge in [0.15, 0.2) is 0 Å². The van der Waals surface area contributed by atoms with Gasteiger partial charge < -0.3 is 9.64 Å². The Bertz CT molecular complexity index is 489. The van der Waals surface area contributed by atoms with Crippen molar-refractivity contribution in [1.82, 2.24) is 4.90 Å². The van der Waals surface area contributed by atoms with Crippen LogP contribution in [-0.2, 0) is 14.3 Å². The summed E-state index contributed by atoms with van der Waals surface area (Å²) < 4.78 is 4.92. The van der Waals surface area contributed by atoms with Crippen LogP contribution in [0.2, 0.25) is 0 Å². The largest absolute Gasteiger partial charge is 0.465 e. The number of carbonyl (C=O) groups is 2. The molecule has 1 fully saturated rings. The van der Waals surface area contributed by atoms with E-state index in [1.54, 1.807) is 23.6 Å². The summed E-state index contributed by atoms with van der Waals surface area (Å²) in [7, 11) is 0. The monoisotopic (exact) mass is 279 g/mol. The third kappa shape index (κ3) is 3.10. The molecule has 1 unspecified atom stereocenters. The van der Waals surface area contributed by atoms with Gasteiger partial charge in [-0.3, -0.25) is 9.59 Å². The first-order chi connectivity index (χ1) is 9.13. The highest BCUT2D eigenvalue weighted by atomic mass is 32.2. The van der Waals surface area contributed by atoms with E-state index in [0.717, 1.165) is 11.1 Å². The molecule has 0 bridgehead atoms. The lowest BCUT2D eigenvalue weighted by atomic mass is 10.1. The van der Waals surface area contributed by atoms with Crippen molar-refractivity contribution in [3.05, 3.63) is 35.4 Å². The first-order valence-electron chi connectivity index (χ1n) is 6.25. The highest BCUT2D eigenvalue weighted by Crippen LogP contribution is 2.39. The van der Waals surface area contributed by atoms with Gasteiger partial charge in [0, 0.05) is 0 Å². The molecular formula is C14H17NO3S. The van der Waals surface area contributed by atoms with Crippen molar-refractivity contribution >= 4 is 23.6 Å². The van der Waals surface area contributed by atoms with E-state index < -0.39 is 0 Å². The van der Waals surface area contributed by atoms with Crippen LogP contribution in [0.5, 0.6) is 0 Å². The molecule has 1 heterocycles. The van der Waals surface area contributed by atoms with Crippen LogP contribution in [-0.4, -0.2) is 35.7 Å². The topological polar surface area (TPSA) is 46.6 Å². The van der Waals surface area contributed by atoms with Gasteiger partial charge in [-0.15, -0.1) is 11.8 Å². The van der Waals surface area contributed by atoms with Gasteiger partial charge in [-0.25, -0.2) is 0 Å². The van der Waals surface area contributed by atoms with Gasteiger partial charge >= 0.3 is 5.97 Å². The molecule has 1 amide bonds. The minimum atomic E-state index is -0.350. The Morgan fingerprint density at radius 3 is 2.89 bits per heavy atom. The van der Waals surface area contributed by atoms with Crippen LogP contribution in [0.1, 0.15) is 23.4 Å². The second kappa shape index (κ2) is 6.10. The van der Waals surface area contributed by atoms with Crippen LogP contribution in [0.4, 0.5) is 0 Å². The fourth-order valence-electron chi connectivity index (χ4n) is 2.09. The van der Waals surface area contributed by atoms with E-state index in [2.05, 4.69) is 0 Å². The maximum absolute atomic E-state index is 11.9. The fourth-order valence-corrected chi connectivity index (χ4v) is 3.37. The lowest BCUT2D eigenvalue weighted by Gasteiger charge is -2.24. The summed E-state index contributed by atoms with van der Waals surface area (Å²) in [6, 6.07) is 7.94. The summed E-state index contributed by atoms with van der Waals surface area (Å²) >= 11 is 1.55. The zero-order valence-electron chi connectivity index (χ0n) is 11.1. The van der Waals surface area contributed by atoms with Gasteiger partial charge in [-0.1, -0.05) is 24.3 Å². The number of carbonyl (C=O) groups excluding carboxylic acids is 2. The lowest BCUT2D eigenvalue weighted by Crippen LogP contribution is -2.34. The standard InChI is InChI=1S/C14H17NO3S/c1-3-18-13(17)8-15-12(16)9-19-14(15)11-7-5-4-6-10(11)2/h4-7,14H,3,8-9H2,1-2H3. The van der Waals surface area contributed by atoms with Gasteiger partial charge in [-0.05, 0) is 25.0 Å². The van der Waals surface area contributed by atoms with Crippen LogP contribution in [0.3, 0.4) is 0 Å². The Morgan fingerprint density at radius 2 is 2.21 bits per heavy atom. The van der Waals surface area contributed by atoms with Gasteiger partial charge in [0.2, 0.25) is 5.91 Å². The molecule has 102 valence electrons. The maximum Gasteiger partial charge on any atom is 0.325 e. The number of ether oxygens (including phenoxy) is 1. The maximum atomic E-state index is 11.9. The molecule has 0 aromatic heterocycles. The zero-order valence-corrected chi connectivity index (χ0v) is 11.9. The van der Waals surface area contributed by atoms with Crippen LogP contribution < -0.4 is 0 Å². The van der Waals surface area contributed by atoms with Gasteiger partial charge in [0.1, 0.15) is 11.9 Å². The number of hydrogen-bond donors (Lipinski definition) is 0. The number of nitrogens with zero attached hydrogens (tertiary/aromatic N) is 1. The van der Waals surface area contributed by atoms with E-state index in [9.17, 15) is 9.59 Å².